The van der Waals surface area contributed by atoms with Gasteiger partial charge in [-0.3, -0.25) is 4.90 Å². The second kappa shape index (κ2) is 4.90. The molecule has 5 nitrogen and oxygen atoms in total. The number of nitrogens with zero attached hydrogens (tertiary/aromatic N) is 1. The second-order valence-electron chi connectivity index (χ2n) is 8.26. The maximum atomic E-state index is 6.42. The van der Waals surface area contributed by atoms with Gasteiger partial charge in [-0.1, -0.05) is 13.8 Å². The van der Waals surface area contributed by atoms with Crippen LogP contribution in [0.1, 0.15) is 46.5 Å². The highest BCUT2D eigenvalue weighted by molar-refractivity contribution is 5.09. The highest BCUT2D eigenvalue weighted by Crippen LogP contribution is 2.60. The number of rotatable bonds is 1. The molecule has 5 heteroatoms. The largest absolute Gasteiger partial charge is 0.331 e. The molecule has 5 rings (SSSR count). The maximum absolute atomic E-state index is 6.42. The van der Waals surface area contributed by atoms with Crippen LogP contribution in [0, 0.1) is 23.7 Å². The predicted octanol–water partition coefficient (Wildman–Crippen LogP) is 2.76. The summed E-state index contributed by atoms with van der Waals surface area (Å²) in [4.78, 5) is 14.1. The van der Waals surface area contributed by atoms with Crippen LogP contribution < -0.4 is 0 Å². The molecule has 1 aliphatic carbocycles. The molecule has 2 bridgehead atoms. The predicted molar refractivity (Wildman–Crippen MR) is 80.5 cm³/mol. The lowest BCUT2D eigenvalue weighted by atomic mass is 9.58. The van der Waals surface area contributed by atoms with Crippen molar-refractivity contribution in [2.75, 3.05) is 14.1 Å². The molecule has 126 valence electrons. The minimum atomic E-state index is -0.672. The van der Waals surface area contributed by atoms with Crippen molar-refractivity contribution in [2.24, 2.45) is 23.7 Å². The van der Waals surface area contributed by atoms with Crippen LogP contribution >= 0.6 is 0 Å². The van der Waals surface area contributed by atoms with Gasteiger partial charge < -0.3 is 9.47 Å². The van der Waals surface area contributed by atoms with E-state index in [1.807, 2.05) is 6.92 Å². The molecular formula is C17H29NO4. The van der Waals surface area contributed by atoms with Crippen LogP contribution in [0.15, 0.2) is 0 Å². The molecule has 4 aliphatic heterocycles. The van der Waals surface area contributed by atoms with Crippen LogP contribution in [0.2, 0.25) is 0 Å². The van der Waals surface area contributed by atoms with Crippen molar-refractivity contribution in [2.45, 2.75) is 70.4 Å². The molecule has 0 amide bonds. The fourth-order valence-electron chi connectivity index (χ4n) is 5.48. The summed E-state index contributed by atoms with van der Waals surface area (Å²) in [5, 5.41) is 0. The van der Waals surface area contributed by atoms with E-state index in [2.05, 4.69) is 32.8 Å². The molecule has 0 aromatic carbocycles. The molecule has 0 radical (unpaired) electrons. The minimum Gasteiger partial charge on any atom is -0.331 e. The molecule has 8 unspecified atom stereocenters. The van der Waals surface area contributed by atoms with Crippen molar-refractivity contribution in [1.29, 1.82) is 0 Å². The van der Waals surface area contributed by atoms with Crippen molar-refractivity contribution in [3.8, 4) is 0 Å². The van der Waals surface area contributed by atoms with E-state index in [0.29, 0.717) is 23.7 Å². The summed E-state index contributed by atoms with van der Waals surface area (Å²) >= 11 is 0. The lowest BCUT2D eigenvalue weighted by molar-refractivity contribution is -0.573. The second-order valence-corrected chi connectivity index (χ2v) is 8.26. The summed E-state index contributed by atoms with van der Waals surface area (Å²) in [5.41, 5.74) is -0.431. The SMILES string of the molecule is CC1CCC2C(C)C(N(C)C)OC3OC4(C)CCC1C32OO4. The first kappa shape index (κ1) is 15.3. The highest BCUT2D eigenvalue weighted by Gasteiger charge is 2.69. The third-order valence-corrected chi connectivity index (χ3v) is 6.63. The van der Waals surface area contributed by atoms with Crippen LogP contribution in [0.4, 0.5) is 0 Å². The molecule has 4 heterocycles. The van der Waals surface area contributed by atoms with Crippen molar-refractivity contribution in [3.63, 3.8) is 0 Å². The average molecular weight is 311 g/mol. The van der Waals surface area contributed by atoms with Gasteiger partial charge in [0.2, 0.25) is 5.79 Å². The summed E-state index contributed by atoms with van der Waals surface area (Å²) in [7, 11) is 4.16. The van der Waals surface area contributed by atoms with E-state index in [0.717, 1.165) is 19.3 Å². The summed E-state index contributed by atoms with van der Waals surface area (Å²) in [6, 6.07) is 0. The van der Waals surface area contributed by atoms with Gasteiger partial charge >= 0.3 is 0 Å². The maximum Gasteiger partial charge on any atom is 0.201 e. The first-order valence-electron chi connectivity index (χ1n) is 8.74. The van der Waals surface area contributed by atoms with Gasteiger partial charge in [0.05, 0.1) is 0 Å². The number of ether oxygens (including phenoxy) is 2. The standard InChI is InChI=1S/C17H29NO4/c1-10-6-7-13-11(2)14(18(4)5)19-15-17(13)12(10)8-9-16(3,20-15)21-22-17/h10-15H,6-9H2,1-5H3. The number of hydrogen-bond acceptors (Lipinski definition) is 5. The van der Waals surface area contributed by atoms with E-state index >= 15 is 0 Å². The monoisotopic (exact) mass is 311 g/mol. The summed E-state index contributed by atoms with van der Waals surface area (Å²) < 4.78 is 12.7. The molecule has 5 fully saturated rings. The number of fused-ring (bicyclic) bond motifs is 2. The zero-order valence-corrected chi connectivity index (χ0v) is 14.4. The quantitative estimate of drug-likeness (QED) is 0.696. The molecule has 8 atom stereocenters. The van der Waals surface area contributed by atoms with Gasteiger partial charge in [0.25, 0.3) is 0 Å². The topological polar surface area (TPSA) is 40.2 Å². The van der Waals surface area contributed by atoms with E-state index in [9.17, 15) is 0 Å². The van der Waals surface area contributed by atoms with Crippen LogP contribution in [-0.2, 0) is 19.2 Å². The summed E-state index contributed by atoms with van der Waals surface area (Å²) in [6.07, 6.45) is 4.13. The van der Waals surface area contributed by atoms with Crippen LogP contribution in [0.3, 0.4) is 0 Å². The number of hydrogen-bond donors (Lipinski definition) is 0. The van der Waals surface area contributed by atoms with Crippen molar-refractivity contribution in [3.05, 3.63) is 0 Å². The molecule has 1 spiro atoms. The van der Waals surface area contributed by atoms with Gasteiger partial charge in [0.1, 0.15) is 6.23 Å². The lowest BCUT2D eigenvalue weighted by Crippen LogP contribution is -2.71. The average Bonchev–Trinajstić information content (AvgIpc) is 2.69. The van der Waals surface area contributed by atoms with Crippen LogP contribution in [0.5, 0.6) is 0 Å². The molecular weight excluding hydrogens is 282 g/mol. The molecule has 22 heavy (non-hydrogen) atoms. The Labute approximate surface area is 133 Å². The Hall–Kier alpha value is -0.200. The van der Waals surface area contributed by atoms with Gasteiger partial charge in [-0.25, -0.2) is 9.78 Å². The third kappa shape index (κ3) is 1.89. The first-order valence-corrected chi connectivity index (χ1v) is 8.74. The van der Waals surface area contributed by atoms with Crippen molar-refractivity contribution < 1.29 is 19.2 Å². The lowest BCUT2D eigenvalue weighted by Gasteiger charge is -2.61. The van der Waals surface area contributed by atoms with Crippen molar-refractivity contribution >= 4 is 0 Å². The fourth-order valence-corrected chi connectivity index (χ4v) is 5.48. The molecule has 4 saturated heterocycles. The van der Waals surface area contributed by atoms with Gasteiger partial charge in [0, 0.05) is 18.3 Å². The van der Waals surface area contributed by atoms with Crippen LogP contribution in [0.25, 0.3) is 0 Å². The Balaban J connectivity index is 1.79. The molecule has 0 aromatic rings. The molecule has 5 aliphatic rings. The van der Waals surface area contributed by atoms with E-state index in [-0.39, 0.29) is 12.5 Å². The van der Waals surface area contributed by atoms with E-state index < -0.39 is 11.4 Å². The van der Waals surface area contributed by atoms with Gasteiger partial charge in [-0.15, -0.1) is 0 Å². The minimum absolute atomic E-state index is 0.0706. The fraction of sp³-hybridized carbons (Fsp3) is 1.00. The normalized spacial score (nSPS) is 57.5. The Morgan fingerprint density at radius 3 is 2.50 bits per heavy atom. The Morgan fingerprint density at radius 2 is 1.77 bits per heavy atom. The van der Waals surface area contributed by atoms with Crippen LogP contribution in [-0.4, -0.2) is 42.9 Å². The zero-order valence-electron chi connectivity index (χ0n) is 14.4. The summed E-state index contributed by atoms with van der Waals surface area (Å²) in [6.45, 7) is 6.61. The van der Waals surface area contributed by atoms with Crippen molar-refractivity contribution in [1.82, 2.24) is 4.90 Å². The van der Waals surface area contributed by atoms with Gasteiger partial charge in [-0.05, 0) is 52.1 Å². The van der Waals surface area contributed by atoms with Gasteiger partial charge in [0.15, 0.2) is 11.9 Å². The van der Waals surface area contributed by atoms with E-state index in [1.165, 1.54) is 6.42 Å². The molecule has 0 aromatic heterocycles. The van der Waals surface area contributed by atoms with E-state index in [4.69, 9.17) is 19.2 Å². The van der Waals surface area contributed by atoms with Gasteiger partial charge in [-0.2, -0.15) is 0 Å². The molecule has 1 saturated carbocycles. The van der Waals surface area contributed by atoms with E-state index in [1.54, 1.807) is 0 Å². The third-order valence-electron chi connectivity index (χ3n) is 6.63. The smallest absolute Gasteiger partial charge is 0.201 e. The Kier molecular flexibility index (Phi) is 3.41. The zero-order chi connectivity index (χ0) is 15.7. The molecule has 0 N–H and O–H groups in total. The summed E-state index contributed by atoms with van der Waals surface area (Å²) in [5.74, 6) is 1.22. The first-order chi connectivity index (χ1) is 10.4. The Bertz CT molecular complexity index is 458. The highest BCUT2D eigenvalue weighted by atomic mass is 17.3. The Morgan fingerprint density at radius 1 is 1.00 bits per heavy atom.